The second kappa shape index (κ2) is 5.40. The fourth-order valence-electron chi connectivity index (χ4n) is 2.66. The molecule has 0 saturated carbocycles. The molecule has 4 nitrogen and oxygen atoms in total. The van der Waals surface area contributed by atoms with Crippen molar-refractivity contribution in [3.05, 3.63) is 65.7 Å². The van der Waals surface area contributed by atoms with Crippen LogP contribution in [0.25, 0.3) is 0 Å². The number of nitrogens with zero attached hydrogens (tertiary/aromatic N) is 2. The summed E-state index contributed by atoms with van der Waals surface area (Å²) in [4.78, 5) is 18.3. The molecule has 0 spiro atoms. The summed E-state index contributed by atoms with van der Waals surface area (Å²) in [5.41, 5.74) is 9.46. The maximum absolute atomic E-state index is 11.7. The zero-order valence-electron chi connectivity index (χ0n) is 11.9. The molecule has 1 amide bonds. The lowest BCUT2D eigenvalue weighted by molar-refractivity contribution is -0.119. The van der Waals surface area contributed by atoms with E-state index >= 15 is 0 Å². The lowest BCUT2D eigenvalue weighted by atomic mass is 10.0. The van der Waals surface area contributed by atoms with E-state index in [2.05, 4.69) is 4.99 Å². The molecule has 0 radical (unpaired) electrons. The predicted octanol–water partition coefficient (Wildman–Crippen LogP) is 1.83. The SMILES string of the molecule is CN1c2ccccc2C(c2ccccc2)=NCC1C(N)=O. The highest BCUT2D eigenvalue weighted by atomic mass is 16.1. The summed E-state index contributed by atoms with van der Waals surface area (Å²) in [6.45, 7) is 0.366. The summed E-state index contributed by atoms with van der Waals surface area (Å²) in [5.74, 6) is -0.356. The number of carbonyl (C=O) groups is 1. The average Bonchev–Trinajstić information content (AvgIpc) is 2.66. The molecule has 3 rings (SSSR count). The van der Waals surface area contributed by atoms with Gasteiger partial charge in [-0.3, -0.25) is 9.79 Å². The number of hydrogen-bond donors (Lipinski definition) is 1. The highest BCUT2D eigenvalue weighted by Crippen LogP contribution is 2.27. The van der Waals surface area contributed by atoms with Gasteiger partial charge < -0.3 is 10.6 Å². The van der Waals surface area contributed by atoms with Crippen molar-refractivity contribution in [3.8, 4) is 0 Å². The van der Waals surface area contributed by atoms with E-state index < -0.39 is 6.04 Å². The van der Waals surface area contributed by atoms with Gasteiger partial charge in [-0.05, 0) is 6.07 Å². The first-order valence-electron chi connectivity index (χ1n) is 6.90. The summed E-state index contributed by atoms with van der Waals surface area (Å²) < 4.78 is 0. The van der Waals surface area contributed by atoms with Gasteiger partial charge in [0.15, 0.2) is 0 Å². The Balaban J connectivity index is 2.17. The summed E-state index contributed by atoms with van der Waals surface area (Å²) in [6.07, 6.45) is 0. The number of hydrogen-bond acceptors (Lipinski definition) is 3. The number of fused-ring (bicyclic) bond motifs is 1. The average molecular weight is 279 g/mol. The van der Waals surface area contributed by atoms with Crippen LogP contribution in [0.4, 0.5) is 5.69 Å². The standard InChI is InChI=1S/C17H17N3O/c1-20-14-10-6-5-9-13(14)16(12-7-3-2-4-8-12)19-11-15(20)17(18)21/h2-10,15H,11H2,1H3,(H2,18,21). The minimum Gasteiger partial charge on any atom is -0.368 e. The Morgan fingerprint density at radius 2 is 1.81 bits per heavy atom. The summed E-state index contributed by atoms with van der Waals surface area (Å²) in [6, 6.07) is 17.5. The molecule has 1 aliphatic heterocycles. The van der Waals surface area contributed by atoms with E-state index in [0.29, 0.717) is 6.54 Å². The van der Waals surface area contributed by atoms with Crippen LogP contribution in [0.1, 0.15) is 11.1 Å². The fraction of sp³-hybridized carbons (Fsp3) is 0.176. The molecule has 2 N–H and O–H groups in total. The Hall–Kier alpha value is -2.62. The Morgan fingerprint density at radius 3 is 2.52 bits per heavy atom. The number of rotatable bonds is 2. The topological polar surface area (TPSA) is 58.7 Å². The van der Waals surface area contributed by atoms with Crippen molar-refractivity contribution in [3.63, 3.8) is 0 Å². The highest BCUT2D eigenvalue weighted by molar-refractivity contribution is 6.16. The first-order valence-corrected chi connectivity index (χ1v) is 6.90. The zero-order chi connectivity index (χ0) is 14.8. The number of anilines is 1. The summed E-state index contributed by atoms with van der Waals surface area (Å²) in [5, 5.41) is 0. The molecule has 21 heavy (non-hydrogen) atoms. The van der Waals surface area contributed by atoms with E-state index in [0.717, 1.165) is 22.5 Å². The Kier molecular flexibility index (Phi) is 3.44. The van der Waals surface area contributed by atoms with Crippen molar-refractivity contribution in [2.75, 3.05) is 18.5 Å². The largest absolute Gasteiger partial charge is 0.368 e. The molecule has 0 aliphatic carbocycles. The molecule has 0 saturated heterocycles. The normalized spacial score (nSPS) is 17.7. The molecule has 0 bridgehead atoms. The number of aliphatic imine (C=N–C) groups is 1. The third kappa shape index (κ3) is 2.40. The van der Waals surface area contributed by atoms with Gasteiger partial charge >= 0.3 is 0 Å². The minimum absolute atomic E-state index is 0.356. The molecular formula is C17H17N3O. The van der Waals surface area contributed by atoms with E-state index in [9.17, 15) is 4.79 Å². The van der Waals surface area contributed by atoms with Crippen LogP contribution in [0.2, 0.25) is 0 Å². The maximum atomic E-state index is 11.7. The number of benzene rings is 2. The number of carbonyl (C=O) groups excluding carboxylic acids is 1. The first-order chi connectivity index (χ1) is 10.2. The number of likely N-dealkylation sites (N-methyl/N-ethyl adjacent to an activating group) is 1. The third-order valence-corrected chi connectivity index (χ3v) is 3.80. The summed E-state index contributed by atoms with van der Waals surface area (Å²) >= 11 is 0. The van der Waals surface area contributed by atoms with Gasteiger partial charge in [-0.1, -0.05) is 48.5 Å². The predicted molar refractivity (Wildman–Crippen MR) is 84.8 cm³/mol. The number of para-hydroxylation sites is 1. The number of amides is 1. The van der Waals surface area contributed by atoms with Gasteiger partial charge in [0.2, 0.25) is 5.91 Å². The van der Waals surface area contributed by atoms with Crippen LogP contribution in [0.3, 0.4) is 0 Å². The maximum Gasteiger partial charge on any atom is 0.242 e. The van der Waals surface area contributed by atoms with Gasteiger partial charge in [-0.2, -0.15) is 0 Å². The third-order valence-electron chi connectivity index (χ3n) is 3.80. The Bertz CT molecular complexity index is 694. The molecule has 1 heterocycles. The lowest BCUT2D eigenvalue weighted by Gasteiger charge is -2.26. The minimum atomic E-state index is -0.424. The number of nitrogens with two attached hydrogens (primary N) is 1. The Labute approximate surface area is 123 Å². The highest BCUT2D eigenvalue weighted by Gasteiger charge is 2.27. The zero-order valence-corrected chi connectivity index (χ0v) is 11.9. The van der Waals surface area contributed by atoms with Crippen molar-refractivity contribution in [1.82, 2.24) is 0 Å². The Morgan fingerprint density at radius 1 is 1.14 bits per heavy atom. The first kappa shape index (κ1) is 13.4. The molecule has 1 unspecified atom stereocenters. The van der Waals surface area contributed by atoms with E-state index in [1.54, 1.807) is 0 Å². The molecule has 0 fully saturated rings. The second-order valence-electron chi connectivity index (χ2n) is 5.10. The van der Waals surface area contributed by atoms with Crippen LogP contribution in [0.5, 0.6) is 0 Å². The van der Waals surface area contributed by atoms with Gasteiger partial charge in [0, 0.05) is 23.9 Å². The van der Waals surface area contributed by atoms with E-state index in [4.69, 9.17) is 5.73 Å². The van der Waals surface area contributed by atoms with Crippen LogP contribution in [-0.4, -0.2) is 31.3 Å². The van der Waals surface area contributed by atoms with Crippen LogP contribution in [0, 0.1) is 0 Å². The molecule has 1 atom stereocenters. The molecule has 4 heteroatoms. The lowest BCUT2D eigenvalue weighted by Crippen LogP contribution is -2.44. The summed E-state index contributed by atoms with van der Waals surface area (Å²) in [7, 11) is 1.89. The van der Waals surface area contributed by atoms with E-state index in [1.807, 2.05) is 66.5 Å². The molecular weight excluding hydrogens is 262 g/mol. The van der Waals surface area contributed by atoms with Crippen molar-refractivity contribution < 1.29 is 4.79 Å². The van der Waals surface area contributed by atoms with Crippen LogP contribution >= 0.6 is 0 Å². The van der Waals surface area contributed by atoms with Gasteiger partial charge in [0.25, 0.3) is 0 Å². The van der Waals surface area contributed by atoms with Crippen molar-refractivity contribution in [2.24, 2.45) is 10.7 Å². The molecule has 2 aromatic rings. The monoisotopic (exact) mass is 279 g/mol. The van der Waals surface area contributed by atoms with E-state index in [-0.39, 0.29) is 5.91 Å². The van der Waals surface area contributed by atoms with Gasteiger partial charge in [-0.15, -0.1) is 0 Å². The number of primary amides is 1. The van der Waals surface area contributed by atoms with Gasteiger partial charge in [0.05, 0.1) is 12.3 Å². The van der Waals surface area contributed by atoms with Crippen molar-refractivity contribution in [2.45, 2.75) is 6.04 Å². The van der Waals surface area contributed by atoms with E-state index in [1.165, 1.54) is 0 Å². The fourth-order valence-corrected chi connectivity index (χ4v) is 2.66. The van der Waals surface area contributed by atoms with Crippen molar-refractivity contribution in [1.29, 1.82) is 0 Å². The number of benzodiazepines with no additional fused rings is 1. The molecule has 0 aromatic heterocycles. The van der Waals surface area contributed by atoms with Crippen molar-refractivity contribution >= 4 is 17.3 Å². The second-order valence-corrected chi connectivity index (χ2v) is 5.10. The van der Waals surface area contributed by atoms with Crippen LogP contribution < -0.4 is 10.6 Å². The van der Waals surface area contributed by atoms with Crippen LogP contribution in [0.15, 0.2) is 59.6 Å². The quantitative estimate of drug-likeness (QED) is 0.911. The molecule has 106 valence electrons. The molecule has 1 aliphatic rings. The smallest absolute Gasteiger partial charge is 0.242 e. The van der Waals surface area contributed by atoms with Crippen LogP contribution in [-0.2, 0) is 4.79 Å². The molecule has 2 aromatic carbocycles. The van der Waals surface area contributed by atoms with Gasteiger partial charge in [-0.25, -0.2) is 0 Å². The van der Waals surface area contributed by atoms with Gasteiger partial charge in [0.1, 0.15) is 6.04 Å².